The van der Waals surface area contributed by atoms with Crippen LogP contribution in [0, 0.1) is 6.92 Å². The maximum atomic E-state index is 12.5. The summed E-state index contributed by atoms with van der Waals surface area (Å²) in [6.07, 6.45) is 0. The summed E-state index contributed by atoms with van der Waals surface area (Å²) in [5, 5.41) is 8.47. The van der Waals surface area contributed by atoms with Crippen molar-refractivity contribution in [2.75, 3.05) is 20.6 Å². The number of nitrogens with one attached hydrogen (secondary N) is 2. The first-order valence-electron chi connectivity index (χ1n) is 9.75. The van der Waals surface area contributed by atoms with Crippen LogP contribution in [-0.4, -0.2) is 51.2 Å². The van der Waals surface area contributed by atoms with Gasteiger partial charge < -0.3 is 15.2 Å². The second kappa shape index (κ2) is 7.71. The normalized spacial score (nSPS) is 14.0. The van der Waals surface area contributed by atoms with Crippen molar-refractivity contribution in [2.24, 2.45) is 0 Å². The molecule has 3 heterocycles. The number of rotatable bonds is 4. The molecular formula is C21H26N6O2. The fourth-order valence-electron chi connectivity index (χ4n) is 3.64. The Morgan fingerprint density at radius 1 is 1.24 bits per heavy atom. The first-order valence-corrected chi connectivity index (χ1v) is 9.75. The van der Waals surface area contributed by atoms with E-state index in [9.17, 15) is 9.59 Å². The molecule has 0 atom stereocenters. The van der Waals surface area contributed by atoms with Crippen LogP contribution in [0.25, 0.3) is 10.9 Å². The molecule has 0 spiro atoms. The molecule has 0 bridgehead atoms. The van der Waals surface area contributed by atoms with E-state index in [2.05, 4.69) is 26.4 Å². The van der Waals surface area contributed by atoms with Crippen LogP contribution < -0.4 is 10.9 Å². The number of carbonyl (C=O) groups excluding carboxylic acids is 1. The van der Waals surface area contributed by atoms with Gasteiger partial charge in [-0.3, -0.25) is 14.4 Å². The summed E-state index contributed by atoms with van der Waals surface area (Å²) in [4.78, 5) is 31.0. The number of aryl methyl sites for hydroxylation is 1. The number of benzene rings is 1. The maximum absolute atomic E-state index is 12.5. The number of aromatic amines is 1. The van der Waals surface area contributed by atoms with Gasteiger partial charge in [0.15, 0.2) is 0 Å². The molecule has 0 fully saturated rings. The lowest BCUT2D eigenvalue weighted by Gasteiger charge is -2.27. The molecule has 1 aliphatic rings. The molecule has 0 radical (unpaired) electrons. The molecule has 152 valence electrons. The smallest absolute Gasteiger partial charge is 0.317 e. The van der Waals surface area contributed by atoms with Crippen LogP contribution in [0.2, 0.25) is 0 Å². The quantitative estimate of drug-likeness (QED) is 0.707. The Morgan fingerprint density at radius 2 is 2.07 bits per heavy atom. The number of amides is 2. The molecule has 0 unspecified atom stereocenters. The fraction of sp³-hybridized carbons (Fsp3) is 0.381. The van der Waals surface area contributed by atoms with Crippen molar-refractivity contribution in [2.45, 2.75) is 33.1 Å². The molecule has 3 aromatic rings. The predicted octanol–water partition coefficient (Wildman–Crippen LogP) is 1.82. The maximum Gasteiger partial charge on any atom is 0.317 e. The van der Waals surface area contributed by atoms with E-state index >= 15 is 0 Å². The second-order valence-electron chi connectivity index (χ2n) is 7.83. The molecular weight excluding hydrogens is 368 g/mol. The SMILES string of the molecule is Cc1ccc2cc(CN3CCn4nc(CNC(=O)N(C)C)cc4C3)c(=O)[nH]c2c1. The van der Waals surface area contributed by atoms with Crippen molar-refractivity contribution < 1.29 is 4.79 Å². The Bertz CT molecular complexity index is 1110. The van der Waals surface area contributed by atoms with Gasteiger partial charge in [-0.2, -0.15) is 5.10 Å². The molecule has 2 amide bonds. The van der Waals surface area contributed by atoms with Gasteiger partial charge in [0, 0.05) is 44.8 Å². The number of nitrogens with zero attached hydrogens (tertiary/aromatic N) is 4. The molecule has 2 N–H and O–H groups in total. The number of H-pyrrole nitrogens is 1. The summed E-state index contributed by atoms with van der Waals surface area (Å²) in [6, 6.07) is 9.97. The van der Waals surface area contributed by atoms with E-state index in [4.69, 9.17) is 0 Å². The van der Waals surface area contributed by atoms with Gasteiger partial charge in [0.05, 0.1) is 24.5 Å². The molecule has 1 aliphatic heterocycles. The van der Waals surface area contributed by atoms with E-state index in [0.29, 0.717) is 13.1 Å². The van der Waals surface area contributed by atoms with Gasteiger partial charge in [0.2, 0.25) is 0 Å². The number of hydrogen-bond donors (Lipinski definition) is 2. The summed E-state index contributed by atoms with van der Waals surface area (Å²) in [5.41, 5.74) is 4.68. The number of aromatic nitrogens is 3. The van der Waals surface area contributed by atoms with Gasteiger partial charge in [0.1, 0.15) is 0 Å². The first-order chi connectivity index (χ1) is 13.9. The zero-order chi connectivity index (χ0) is 20.5. The minimum absolute atomic E-state index is 0.0331. The Labute approximate surface area is 169 Å². The zero-order valence-electron chi connectivity index (χ0n) is 17.0. The highest BCUT2D eigenvalue weighted by Crippen LogP contribution is 2.18. The molecule has 0 saturated carbocycles. The van der Waals surface area contributed by atoms with Gasteiger partial charge in [-0.1, -0.05) is 12.1 Å². The monoisotopic (exact) mass is 394 g/mol. The summed E-state index contributed by atoms with van der Waals surface area (Å²) >= 11 is 0. The van der Waals surface area contributed by atoms with Crippen LogP contribution in [0.1, 0.15) is 22.5 Å². The highest BCUT2D eigenvalue weighted by atomic mass is 16.2. The number of pyridine rings is 1. The van der Waals surface area contributed by atoms with E-state index in [-0.39, 0.29) is 11.6 Å². The summed E-state index contributed by atoms with van der Waals surface area (Å²) in [5.74, 6) is 0. The Balaban J connectivity index is 1.46. The third kappa shape index (κ3) is 4.17. The lowest BCUT2D eigenvalue weighted by Crippen LogP contribution is -2.35. The Hall–Kier alpha value is -3.13. The number of fused-ring (bicyclic) bond motifs is 2. The van der Waals surface area contributed by atoms with Gasteiger partial charge >= 0.3 is 6.03 Å². The third-order valence-corrected chi connectivity index (χ3v) is 5.23. The van der Waals surface area contributed by atoms with Crippen LogP contribution in [0.4, 0.5) is 4.79 Å². The summed E-state index contributed by atoms with van der Waals surface area (Å²) < 4.78 is 1.99. The van der Waals surface area contributed by atoms with Crippen molar-refractivity contribution in [3.63, 3.8) is 0 Å². The molecule has 2 aromatic heterocycles. The van der Waals surface area contributed by atoms with Gasteiger partial charge in [-0.25, -0.2) is 4.79 Å². The van der Waals surface area contributed by atoms with Crippen molar-refractivity contribution in [3.8, 4) is 0 Å². The largest absolute Gasteiger partial charge is 0.332 e. The van der Waals surface area contributed by atoms with E-state index < -0.39 is 0 Å². The topological polar surface area (TPSA) is 86.3 Å². The van der Waals surface area contributed by atoms with Gasteiger partial charge in [0.25, 0.3) is 5.56 Å². The lowest BCUT2D eigenvalue weighted by atomic mass is 10.1. The van der Waals surface area contributed by atoms with Crippen molar-refractivity contribution in [1.29, 1.82) is 0 Å². The summed E-state index contributed by atoms with van der Waals surface area (Å²) in [7, 11) is 3.42. The molecule has 8 heteroatoms. The number of urea groups is 1. The number of carbonyl (C=O) groups is 1. The van der Waals surface area contributed by atoms with E-state index in [1.165, 1.54) is 4.90 Å². The fourth-order valence-corrected chi connectivity index (χ4v) is 3.64. The van der Waals surface area contributed by atoms with Gasteiger partial charge in [-0.15, -0.1) is 0 Å². The molecule has 1 aromatic carbocycles. The molecule has 29 heavy (non-hydrogen) atoms. The first kappa shape index (κ1) is 19.2. The van der Waals surface area contributed by atoms with Crippen LogP contribution >= 0.6 is 0 Å². The van der Waals surface area contributed by atoms with Crippen molar-refractivity contribution in [3.05, 3.63) is 63.2 Å². The van der Waals surface area contributed by atoms with Crippen LogP contribution in [0.15, 0.2) is 35.1 Å². The minimum atomic E-state index is -0.136. The van der Waals surface area contributed by atoms with E-state index in [0.717, 1.165) is 53.1 Å². The minimum Gasteiger partial charge on any atom is -0.332 e. The summed E-state index contributed by atoms with van der Waals surface area (Å²) in [6.45, 7) is 5.33. The molecule has 8 nitrogen and oxygen atoms in total. The van der Waals surface area contributed by atoms with Crippen LogP contribution in [-0.2, 0) is 26.2 Å². The van der Waals surface area contributed by atoms with Crippen molar-refractivity contribution in [1.82, 2.24) is 29.9 Å². The Morgan fingerprint density at radius 3 is 2.86 bits per heavy atom. The third-order valence-electron chi connectivity index (χ3n) is 5.23. The molecule has 0 saturated heterocycles. The molecule has 0 aliphatic carbocycles. The van der Waals surface area contributed by atoms with E-state index in [1.807, 2.05) is 35.9 Å². The predicted molar refractivity (Wildman–Crippen MR) is 112 cm³/mol. The average Bonchev–Trinajstić information content (AvgIpc) is 3.09. The number of hydrogen-bond acceptors (Lipinski definition) is 4. The second-order valence-corrected chi connectivity index (χ2v) is 7.83. The standard InChI is InChI=1S/C21H26N6O2/c1-14-4-5-15-9-16(20(28)23-19(15)8-14)12-26-6-7-27-18(13-26)10-17(24-27)11-22-21(29)25(2)3/h4-5,8-10H,6-7,11-13H2,1-3H3,(H,22,29)(H,23,28). The lowest BCUT2D eigenvalue weighted by molar-refractivity contribution is 0.204. The average molecular weight is 394 g/mol. The van der Waals surface area contributed by atoms with Crippen LogP contribution in [0.3, 0.4) is 0 Å². The zero-order valence-corrected chi connectivity index (χ0v) is 17.0. The van der Waals surface area contributed by atoms with E-state index in [1.54, 1.807) is 14.1 Å². The van der Waals surface area contributed by atoms with Crippen LogP contribution in [0.5, 0.6) is 0 Å². The molecule has 4 rings (SSSR count). The Kier molecular flexibility index (Phi) is 5.10. The van der Waals surface area contributed by atoms with Gasteiger partial charge in [-0.05, 0) is 36.1 Å². The highest BCUT2D eigenvalue weighted by molar-refractivity contribution is 5.79. The highest BCUT2D eigenvalue weighted by Gasteiger charge is 2.20. The van der Waals surface area contributed by atoms with Crippen molar-refractivity contribution >= 4 is 16.9 Å².